The summed E-state index contributed by atoms with van der Waals surface area (Å²) in [5.41, 5.74) is 0.188. The molecular weight excluding hydrogens is 404 g/mol. The summed E-state index contributed by atoms with van der Waals surface area (Å²) in [6, 6.07) is 0. The van der Waals surface area contributed by atoms with E-state index in [1.807, 2.05) is 26.8 Å². The van der Waals surface area contributed by atoms with Gasteiger partial charge in [-0.1, -0.05) is 26.3 Å². The Morgan fingerprint density at radius 3 is 2.41 bits per heavy atom. The first-order chi connectivity index (χ1) is 14.8. The minimum atomic E-state index is -0.806. The Kier molecular flexibility index (Phi) is 7.66. The molecule has 32 heavy (non-hydrogen) atoms. The molecule has 0 radical (unpaired) electrons. The Hall–Kier alpha value is -0.750. The molecule has 3 rings (SSSR count). The van der Waals surface area contributed by atoms with Gasteiger partial charge in [0.25, 0.3) is 0 Å². The van der Waals surface area contributed by atoms with Crippen LogP contribution in [0.4, 0.5) is 0 Å². The van der Waals surface area contributed by atoms with Gasteiger partial charge in [-0.15, -0.1) is 0 Å². The van der Waals surface area contributed by atoms with E-state index in [1.54, 1.807) is 0 Å². The second-order valence-electron chi connectivity index (χ2n) is 12.3. The van der Waals surface area contributed by atoms with Crippen molar-refractivity contribution in [3.8, 4) is 0 Å². The Morgan fingerprint density at radius 1 is 1.09 bits per heavy atom. The topological polar surface area (TPSA) is 98.0 Å². The number of aliphatic hydroxyl groups is 4. The predicted octanol–water partition coefficient (Wildman–Crippen LogP) is 4.16. The van der Waals surface area contributed by atoms with Crippen molar-refractivity contribution in [1.29, 1.82) is 0 Å². The molecule has 8 atom stereocenters. The van der Waals surface area contributed by atoms with Crippen molar-refractivity contribution >= 4 is 5.78 Å². The van der Waals surface area contributed by atoms with Crippen molar-refractivity contribution in [1.82, 2.24) is 0 Å². The number of hydrogen-bond acceptors (Lipinski definition) is 5. The van der Waals surface area contributed by atoms with Gasteiger partial charge in [-0.25, -0.2) is 0 Å². The van der Waals surface area contributed by atoms with Crippen LogP contribution in [0.25, 0.3) is 0 Å². The quantitative estimate of drug-likeness (QED) is 0.423. The summed E-state index contributed by atoms with van der Waals surface area (Å²) in [4.78, 5) is 12.8. The van der Waals surface area contributed by atoms with Crippen LogP contribution in [0.5, 0.6) is 0 Å². The molecule has 0 amide bonds. The van der Waals surface area contributed by atoms with E-state index in [1.165, 1.54) is 5.57 Å². The van der Waals surface area contributed by atoms with Gasteiger partial charge in [0.15, 0.2) is 5.78 Å². The lowest BCUT2D eigenvalue weighted by Crippen LogP contribution is -2.48. The number of hydrogen-bond donors (Lipinski definition) is 4. The SMILES string of the molecule is CCC(O)C(O)CC1(C)CC(=O)C=C2C1CCC1(C)C2CCC1C(O)CCCC(C)(C)O. The third-order valence-electron chi connectivity index (χ3n) is 9.22. The number of ketones is 1. The summed E-state index contributed by atoms with van der Waals surface area (Å²) in [5, 5.41) is 41.8. The fourth-order valence-electron chi connectivity index (χ4n) is 7.42. The van der Waals surface area contributed by atoms with Crippen LogP contribution in [-0.2, 0) is 4.79 Å². The highest BCUT2D eigenvalue weighted by Gasteiger charge is 2.57. The second kappa shape index (κ2) is 9.48. The molecule has 0 saturated heterocycles. The largest absolute Gasteiger partial charge is 0.393 e. The van der Waals surface area contributed by atoms with Crippen molar-refractivity contribution in [2.45, 2.75) is 123 Å². The highest BCUT2D eigenvalue weighted by Crippen LogP contribution is 2.64. The lowest BCUT2D eigenvalue weighted by atomic mass is 9.51. The summed E-state index contributed by atoms with van der Waals surface area (Å²) in [5.74, 6) is 0.900. The summed E-state index contributed by atoms with van der Waals surface area (Å²) < 4.78 is 0. The van der Waals surface area contributed by atoms with Gasteiger partial charge in [-0.2, -0.15) is 0 Å². The first kappa shape index (κ1) is 25.9. The number of fused-ring (bicyclic) bond motifs is 3. The standard InChI is InChI=1S/C27H46O5/c1-6-22(29)24(31)16-26(4)15-17(28)14-18-19(26)11-13-27(5)20(18)9-10-21(27)23(30)8-7-12-25(2,3)32/h14,19-24,29-32H,6-13,15-16H2,1-5H3. The number of carbonyl (C=O) groups excluding carboxylic acids is 1. The van der Waals surface area contributed by atoms with Crippen LogP contribution in [0.15, 0.2) is 11.6 Å². The maximum Gasteiger partial charge on any atom is 0.156 e. The highest BCUT2D eigenvalue weighted by atomic mass is 16.3. The van der Waals surface area contributed by atoms with Gasteiger partial charge in [0.05, 0.1) is 23.9 Å². The lowest BCUT2D eigenvalue weighted by Gasteiger charge is -2.53. The summed E-state index contributed by atoms with van der Waals surface area (Å²) in [7, 11) is 0. The van der Waals surface area contributed by atoms with Crippen molar-refractivity contribution < 1.29 is 25.2 Å². The number of aliphatic hydroxyl groups excluding tert-OH is 3. The average molecular weight is 451 g/mol. The lowest BCUT2D eigenvalue weighted by molar-refractivity contribution is -0.121. The molecular formula is C27H46O5. The minimum absolute atomic E-state index is 0.0173. The van der Waals surface area contributed by atoms with Gasteiger partial charge in [-0.3, -0.25) is 4.79 Å². The zero-order valence-corrected chi connectivity index (χ0v) is 20.8. The molecule has 5 nitrogen and oxygen atoms in total. The van der Waals surface area contributed by atoms with Gasteiger partial charge < -0.3 is 20.4 Å². The molecule has 2 saturated carbocycles. The summed E-state index contributed by atoms with van der Waals surface area (Å²) >= 11 is 0. The molecule has 3 aliphatic rings. The van der Waals surface area contributed by atoms with E-state index in [0.717, 1.165) is 32.1 Å². The van der Waals surface area contributed by atoms with Crippen molar-refractivity contribution in [3.05, 3.63) is 11.6 Å². The number of allylic oxidation sites excluding steroid dienone is 2. The predicted molar refractivity (Wildman–Crippen MR) is 126 cm³/mol. The Balaban J connectivity index is 1.76. The maximum atomic E-state index is 12.8. The van der Waals surface area contributed by atoms with Crippen LogP contribution in [0.3, 0.4) is 0 Å². The van der Waals surface area contributed by atoms with Gasteiger partial charge in [0, 0.05) is 6.42 Å². The molecule has 0 aromatic rings. The first-order valence-electron chi connectivity index (χ1n) is 12.8. The molecule has 184 valence electrons. The van der Waals surface area contributed by atoms with Crippen LogP contribution in [0.1, 0.15) is 98.8 Å². The third-order valence-corrected chi connectivity index (χ3v) is 9.22. The molecule has 0 aromatic heterocycles. The molecule has 0 aliphatic heterocycles. The fourth-order valence-corrected chi connectivity index (χ4v) is 7.42. The van der Waals surface area contributed by atoms with Crippen LogP contribution >= 0.6 is 0 Å². The van der Waals surface area contributed by atoms with E-state index in [0.29, 0.717) is 38.0 Å². The van der Waals surface area contributed by atoms with E-state index in [9.17, 15) is 25.2 Å². The molecule has 0 bridgehead atoms. The van der Waals surface area contributed by atoms with E-state index < -0.39 is 17.8 Å². The van der Waals surface area contributed by atoms with Crippen LogP contribution in [0.2, 0.25) is 0 Å². The van der Waals surface area contributed by atoms with Gasteiger partial charge >= 0.3 is 0 Å². The third kappa shape index (κ3) is 5.16. The number of carbonyl (C=O) groups is 1. The first-order valence-corrected chi connectivity index (χ1v) is 12.8. The molecule has 0 spiro atoms. The van der Waals surface area contributed by atoms with Crippen molar-refractivity contribution in [3.63, 3.8) is 0 Å². The molecule has 0 heterocycles. The zero-order chi connectivity index (χ0) is 23.9. The van der Waals surface area contributed by atoms with Gasteiger partial charge in [0.2, 0.25) is 0 Å². The van der Waals surface area contributed by atoms with Crippen molar-refractivity contribution in [2.75, 3.05) is 0 Å². The summed E-state index contributed by atoms with van der Waals surface area (Å²) in [6.45, 7) is 9.92. The van der Waals surface area contributed by atoms with Gasteiger partial charge in [-0.05, 0) is 106 Å². The zero-order valence-electron chi connectivity index (χ0n) is 20.8. The molecule has 8 unspecified atom stereocenters. The smallest absolute Gasteiger partial charge is 0.156 e. The fraction of sp³-hybridized carbons (Fsp3) is 0.889. The Bertz CT molecular complexity index is 709. The van der Waals surface area contributed by atoms with E-state index in [4.69, 9.17) is 0 Å². The average Bonchev–Trinajstić information content (AvgIpc) is 3.03. The highest BCUT2D eigenvalue weighted by molar-refractivity contribution is 5.92. The van der Waals surface area contributed by atoms with Crippen LogP contribution in [0, 0.1) is 28.6 Å². The van der Waals surface area contributed by atoms with E-state index >= 15 is 0 Å². The molecule has 4 N–H and O–H groups in total. The minimum Gasteiger partial charge on any atom is -0.393 e. The van der Waals surface area contributed by atoms with Crippen molar-refractivity contribution in [2.24, 2.45) is 28.6 Å². The Labute approximate surface area is 194 Å². The summed E-state index contributed by atoms with van der Waals surface area (Å²) in [6.07, 6.45) is 7.48. The maximum absolute atomic E-state index is 12.8. The second-order valence-corrected chi connectivity index (χ2v) is 12.3. The molecule has 0 aromatic carbocycles. The molecule has 3 aliphatic carbocycles. The molecule has 2 fully saturated rings. The van der Waals surface area contributed by atoms with E-state index in [-0.39, 0.29) is 34.6 Å². The van der Waals surface area contributed by atoms with E-state index in [2.05, 4.69) is 13.8 Å². The van der Waals surface area contributed by atoms with Gasteiger partial charge in [0.1, 0.15) is 0 Å². The Morgan fingerprint density at radius 2 is 1.78 bits per heavy atom. The van der Waals surface area contributed by atoms with Crippen LogP contribution < -0.4 is 0 Å². The van der Waals surface area contributed by atoms with Crippen LogP contribution in [-0.4, -0.2) is 50.1 Å². The monoisotopic (exact) mass is 450 g/mol. The number of rotatable bonds is 9. The molecule has 5 heteroatoms. The normalized spacial score (nSPS) is 38.0.